The summed E-state index contributed by atoms with van der Waals surface area (Å²) in [7, 11) is 0. The van der Waals surface area contributed by atoms with Crippen LogP contribution in [0.15, 0.2) is 60.7 Å². The van der Waals surface area contributed by atoms with Gasteiger partial charge in [-0.1, -0.05) is 60.7 Å². The third-order valence-corrected chi connectivity index (χ3v) is 3.53. The minimum absolute atomic E-state index is 0.554. The van der Waals surface area contributed by atoms with Crippen molar-refractivity contribution in [1.82, 2.24) is 10.6 Å². The molecule has 2 aromatic carbocycles. The smallest absolute Gasteiger partial charge is 0.405 e. The highest BCUT2D eigenvalue weighted by molar-refractivity contribution is 5.65. The van der Waals surface area contributed by atoms with E-state index >= 15 is 0 Å². The Hall–Kier alpha value is -2.33. The molecule has 0 heterocycles. The zero-order valence-corrected chi connectivity index (χ0v) is 12.8. The lowest BCUT2D eigenvalue weighted by Crippen LogP contribution is -2.53. The summed E-state index contributed by atoms with van der Waals surface area (Å²) in [5.41, 5.74) is 1.74. The molecule has 3 N–H and O–H groups in total. The van der Waals surface area contributed by atoms with E-state index in [1.165, 1.54) is 5.56 Å². The Morgan fingerprint density at radius 2 is 1.55 bits per heavy atom. The van der Waals surface area contributed by atoms with Gasteiger partial charge in [-0.3, -0.25) is 0 Å². The average Bonchev–Trinajstić information content (AvgIpc) is 2.48. The normalized spacial score (nSPS) is 13.3. The number of hydrogen-bond acceptors (Lipinski definition) is 2. The molecule has 0 saturated carbocycles. The lowest BCUT2D eigenvalue weighted by Gasteiger charge is -2.30. The Labute approximate surface area is 131 Å². The van der Waals surface area contributed by atoms with E-state index in [0.29, 0.717) is 19.5 Å². The Balaban J connectivity index is 1.97. The molecule has 0 fully saturated rings. The van der Waals surface area contributed by atoms with Crippen LogP contribution in [0.2, 0.25) is 0 Å². The average molecular weight is 298 g/mol. The molecule has 22 heavy (non-hydrogen) atoms. The van der Waals surface area contributed by atoms with Crippen molar-refractivity contribution in [2.45, 2.75) is 25.4 Å². The van der Waals surface area contributed by atoms with E-state index in [0.717, 1.165) is 5.56 Å². The Kier molecular flexibility index (Phi) is 5.55. The van der Waals surface area contributed by atoms with Crippen molar-refractivity contribution in [3.05, 3.63) is 71.8 Å². The molecule has 1 amide bonds. The molecule has 0 saturated heterocycles. The van der Waals surface area contributed by atoms with Crippen LogP contribution in [0.1, 0.15) is 18.1 Å². The first-order chi connectivity index (χ1) is 10.6. The molecule has 4 heteroatoms. The van der Waals surface area contributed by atoms with Gasteiger partial charge in [0.15, 0.2) is 0 Å². The third-order valence-electron chi connectivity index (χ3n) is 3.53. The molecular formula is C18H22N2O2. The molecule has 4 nitrogen and oxygen atoms in total. The Bertz CT molecular complexity index is 587. The van der Waals surface area contributed by atoms with E-state index in [9.17, 15) is 4.79 Å². The highest BCUT2D eigenvalue weighted by atomic mass is 16.4. The Morgan fingerprint density at radius 1 is 1.00 bits per heavy atom. The molecule has 0 spiro atoms. The van der Waals surface area contributed by atoms with Gasteiger partial charge in [0.2, 0.25) is 0 Å². The summed E-state index contributed by atoms with van der Waals surface area (Å²) in [6.07, 6.45) is -0.359. The monoisotopic (exact) mass is 298 g/mol. The molecule has 0 bridgehead atoms. The van der Waals surface area contributed by atoms with Crippen molar-refractivity contribution >= 4 is 6.09 Å². The number of carboxylic acid groups (broad SMARTS) is 1. The second-order valence-corrected chi connectivity index (χ2v) is 5.74. The van der Waals surface area contributed by atoms with Crippen molar-refractivity contribution in [1.29, 1.82) is 0 Å². The van der Waals surface area contributed by atoms with E-state index in [1.807, 2.05) is 67.6 Å². The first kappa shape index (κ1) is 16.0. The van der Waals surface area contributed by atoms with Gasteiger partial charge in [-0.2, -0.15) is 0 Å². The van der Waals surface area contributed by atoms with E-state index in [1.54, 1.807) is 0 Å². The number of hydrogen-bond donors (Lipinski definition) is 3. The van der Waals surface area contributed by atoms with Crippen LogP contribution in [0.5, 0.6) is 0 Å². The zero-order valence-electron chi connectivity index (χ0n) is 12.8. The number of carbonyl (C=O) groups is 1. The number of nitrogens with one attached hydrogen (secondary N) is 2. The van der Waals surface area contributed by atoms with Gasteiger partial charge in [0.1, 0.15) is 0 Å². The molecule has 2 rings (SSSR count). The lowest BCUT2D eigenvalue weighted by atomic mass is 9.92. The minimum Gasteiger partial charge on any atom is -0.465 e. The van der Waals surface area contributed by atoms with Crippen LogP contribution in [0.3, 0.4) is 0 Å². The number of rotatable bonds is 7. The molecular weight excluding hydrogens is 276 g/mol. The van der Waals surface area contributed by atoms with Crippen LogP contribution in [0.25, 0.3) is 0 Å². The highest BCUT2D eigenvalue weighted by Gasteiger charge is 2.26. The van der Waals surface area contributed by atoms with Crippen molar-refractivity contribution in [3.8, 4) is 0 Å². The van der Waals surface area contributed by atoms with Crippen LogP contribution >= 0.6 is 0 Å². The predicted molar refractivity (Wildman–Crippen MR) is 87.9 cm³/mol. The lowest BCUT2D eigenvalue weighted by molar-refractivity contribution is 0.178. The van der Waals surface area contributed by atoms with Gasteiger partial charge in [-0.15, -0.1) is 0 Å². The van der Waals surface area contributed by atoms with Gasteiger partial charge in [-0.25, -0.2) is 4.79 Å². The second-order valence-electron chi connectivity index (χ2n) is 5.74. The van der Waals surface area contributed by atoms with Gasteiger partial charge in [0, 0.05) is 13.1 Å². The zero-order chi connectivity index (χ0) is 15.8. The summed E-state index contributed by atoms with van der Waals surface area (Å²) in [5.74, 6) is 0. The standard InChI is InChI=1S/C18H22N2O2/c1-18(20-17(21)22,12-15-8-4-2-5-9-15)14-19-13-16-10-6-3-7-11-16/h2-11,19-20H,12-14H2,1H3,(H,21,22). The summed E-state index contributed by atoms with van der Waals surface area (Å²) in [6, 6.07) is 20.0. The SMILES string of the molecule is CC(CNCc1ccccc1)(Cc1ccccc1)NC(=O)O. The topological polar surface area (TPSA) is 61.4 Å². The second kappa shape index (κ2) is 7.61. The van der Waals surface area contributed by atoms with Crippen molar-refractivity contribution in [2.24, 2.45) is 0 Å². The maximum Gasteiger partial charge on any atom is 0.405 e. The van der Waals surface area contributed by atoms with E-state index in [-0.39, 0.29) is 0 Å². The number of amides is 1. The first-order valence-corrected chi connectivity index (χ1v) is 7.37. The highest BCUT2D eigenvalue weighted by Crippen LogP contribution is 2.13. The fraction of sp³-hybridized carbons (Fsp3) is 0.278. The molecule has 2 aromatic rings. The maximum absolute atomic E-state index is 11.1. The van der Waals surface area contributed by atoms with E-state index in [4.69, 9.17) is 5.11 Å². The predicted octanol–water partition coefficient (Wildman–Crippen LogP) is 3.05. The molecule has 116 valence electrons. The van der Waals surface area contributed by atoms with Gasteiger partial charge in [0.05, 0.1) is 5.54 Å². The van der Waals surface area contributed by atoms with Crippen molar-refractivity contribution in [3.63, 3.8) is 0 Å². The van der Waals surface area contributed by atoms with Gasteiger partial charge >= 0.3 is 6.09 Å². The summed E-state index contributed by atoms with van der Waals surface area (Å²) in [6.45, 7) is 3.20. The molecule has 0 aromatic heterocycles. The molecule has 1 unspecified atom stereocenters. The maximum atomic E-state index is 11.1. The fourth-order valence-electron chi connectivity index (χ4n) is 2.53. The van der Waals surface area contributed by atoms with Crippen molar-refractivity contribution in [2.75, 3.05) is 6.54 Å². The van der Waals surface area contributed by atoms with Gasteiger partial charge < -0.3 is 15.7 Å². The van der Waals surface area contributed by atoms with Crippen LogP contribution in [0, 0.1) is 0 Å². The van der Waals surface area contributed by atoms with Gasteiger partial charge in [-0.05, 0) is 24.5 Å². The molecule has 0 aliphatic rings. The fourth-order valence-corrected chi connectivity index (χ4v) is 2.53. The largest absolute Gasteiger partial charge is 0.465 e. The Morgan fingerprint density at radius 3 is 2.09 bits per heavy atom. The first-order valence-electron chi connectivity index (χ1n) is 7.37. The quantitative estimate of drug-likeness (QED) is 0.736. The summed E-state index contributed by atoms with van der Waals surface area (Å²) < 4.78 is 0. The summed E-state index contributed by atoms with van der Waals surface area (Å²) in [5, 5.41) is 15.1. The molecule has 0 aliphatic carbocycles. The van der Waals surface area contributed by atoms with Crippen LogP contribution in [-0.4, -0.2) is 23.3 Å². The van der Waals surface area contributed by atoms with Crippen molar-refractivity contribution < 1.29 is 9.90 Å². The summed E-state index contributed by atoms with van der Waals surface area (Å²) in [4.78, 5) is 11.1. The van der Waals surface area contributed by atoms with E-state index < -0.39 is 11.6 Å². The minimum atomic E-state index is -1.00. The van der Waals surface area contributed by atoms with Crippen LogP contribution < -0.4 is 10.6 Å². The van der Waals surface area contributed by atoms with Crippen LogP contribution in [-0.2, 0) is 13.0 Å². The summed E-state index contributed by atoms with van der Waals surface area (Å²) >= 11 is 0. The van der Waals surface area contributed by atoms with E-state index in [2.05, 4.69) is 10.6 Å². The molecule has 0 aliphatic heterocycles. The van der Waals surface area contributed by atoms with Crippen LogP contribution in [0.4, 0.5) is 4.79 Å². The number of benzene rings is 2. The molecule has 1 atom stereocenters. The van der Waals surface area contributed by atoms with Gasteiger partial charge in [0.25, 0.3) is 0 Å². The molecule has 0 radical (unpaired) electrons. The third kappa shape index (κ3) is 5.22.